The molecule has 0 spiro atoms. The summed E-state index contributed by atoms with van der Waals surface area (Å²) in [7, 11) is -3.32. The molecule has 1 aliphatic heterocycles. The second-order valence-corrected chi connectivity index (χ2v) is 10.1. The molecule has 3 fully saturated rings. The summed E-state index contributed by atoms with van der Waals surface area (Å²) in [4.78, 5) is 14.5. The summed E-state index contributed by atoms with van der Waals surface area (Å²) < 4.78 is 26.8. The third-order valence-corrected chi connectivity index (χ3v) is 8.35. The smallest absolute Gasteiger partial charge is 0.222 e. The second-order valence-electron chi connectivity index (χ2n) is 8.16. The van der Waals surface area contributed by atoms with E-state index in [1.165, 1.54) is 25.7 Å². The summed E-state index contributed by atoms with van der Waals surface area (Å²) in [5.74, 6) is 2.45. The molecule has 5 nitrogen and oxygen atoms in total. The molecule has 142 valence electrons. The van der Waals surface area contributed by atoms with Crippen molar-refractivity contribution in [2.75, 3.05) is 26.2 Å². The van der Waals surface area contributed by atoms with Crippen LogP contribution in [-0.2, 0) is 20.6 Å². The van der Waals surface area contributed by atoms with Gasteiger partial charge < -0.3 is 4.90 Å². The summed E-state index contributed by atoms with van der Waals surface area (Å²) in [5, 5.41) is 0. The predicted octanol–water partition coefficient (Wildman–Crippen LogP) is 2.49. The van der Waals surface area contributed by atoms with Gasteiger partial charge in [0.15, 0.2) is 0 Å². The van der Waals surface area contributed by atoms with Crippen molar-refractivity contribution in [3.8, 4) is 0 Å². The zero-order valence-electron chi connectivity index (χ0n) is 15.2. The number of piperazine rings is 1. The van der Waals surface area contributed by atoms with E-state index in [0.29, 0.717) is 38.5 Å². The Labute approximate surface area is 156 Å². The van der Waals surface area contributed by atoms with Crippen molar-refractivity contribution in [1.29, 1.82) is 0 Å². The van der Waals surface area contributed by atoms with Crippen LogP contribution in [0.2, 0.25) is 0 Å². The van der Waals surface area contributed by atoms with E-state index in [4.69, 9.17) is 0 Å². The van der Waals surface area contributed by atoms with Gasteiger partial charge in [-0.2, -0.15) is 4.31 Å². The van der Waals surface area contributed by atoms with Gasteiger partial charge in [0.05, 0.1) is 5.75 Å². The molecule has 1 heterocycles. The molecule has 1 aromatic rings. The normalized spacial score (nSPS) is 29.2. The number of carbonyl (C=O) groups is 1. The fraction of sp³-hybridized carbons (Fsp3) is 0.650. The van der Waals surface area contributed by atoms with Crippen LogP contribution < -0.4 is 0 Å². The van der Waals surface area contributed by atoms with E-state index in [0.717, 1.165) is 17.4 Å². The van der Waals surface area contributed by atoms with Gasteiger partial charge >= 0.3 is 0 Å². The average Bonchev–Trinajstić information content (AvgIpc) is 3.25. The van der Waals surface area contributed by atoms with Crippen LogP contribution in [0.3, 0.4) is 0 Å². The lowest BCUT2D eigenvalue weighted by atomic mass is 9.86. The van der Waals surface area contributed by atoms with Gasteiger partial charge in [-0.1, -0.05) is 36.8 Å². The third-order valence-electron chi connectivity index (χ3n) is 6.50. The number of amides is 1. The first kappa shape index (κ1) is 18.0. The Morgan fingerprint density at radius 3 is 2.35 bits per heavy atom. The first-order chi connectivity index (χ1) is 12.5. The number of sulfonamides is 1. The standard InChI is InChI=1S/C20H28N2O3S/c23-20(14-19-13-17-6-7-18(19)12-17)21-8-10-22(11-9-21)26(24,25)15-16-4-2-1-3-5-16/h1-5,17-19H,6-15H2/t17-,18+,19+/m0/s1. The molecule has 0 aromatic heterocycles. The number of hydrogen-bond acceptors (Lipinski definition) is 3. The monoisotopic (exact) mass is 376 g/mol. The summed E-state index contributed by atoms with van der Waals surface area (Å²) >= 11 is 0. The van der Waals surface area contributed by atoms with Crippen LogP contribution in [0, 0.1) is 17.8 Å². The molecule has 0 unspecified atom stereocenters. The fourth-order valence-electron chi connectivity index (χ4n) is 5.07. The number of rotatable bonds is 5. The highest BCUT2D eigenvalue weighted by atomic mass is 32.2. The van der Waals surface area contributed by atoms with E-state index in [-0.39, 0.29) is 11.7 Å². The van der Waals surface area contributed by atoms with E-state index < -0.39 is 10.0 Å². The number of benzene rings is 1. The minimum Gasteiger partial charge on any atom is -0.340 e. The summed E-state index contributed by atoms with van der Waals surface area (Å²) in [6, 6.07) is 9.28. The molecule has 26 heavy (non-hydrogen) atoms. The maximum Gasteiger partial charge on any atom is 0.222 e. The van der Waals surface area contributed by atoms with Crippen LogP contribution in [0.5, 0.6) is 0 Å². The summed E-state index contributed by atoms with van der Waals surface area (Å²) in [6.45, 7) is 1.87. The van der Waals surface area contributed by atoms with Gasteiger partial charge in [-0.15, -0.1) is 0 Å². The summed E-state index contributed by atoms with van der Waals surface area (Å²) in [5.41, 5.74) is 0.808. The van der Waals surface area contributed by atoms with E-state index >= 15 is 0 Å². The lowest BCUT2D eigenvalue weighted by Crippen LogP contribution is -2.51. The van der Waals surface area contributed by atoms with Crippen LogP contribution in [0.4, 0.5) is 0 Å². The van der Waals surface area contributed by atoms with Gasteiger partial charge in [0, 0.05) is 32.6 Å². The van der Waals surface area contributed by atoms with Crippen molar-refractivity contribution in [2.24, 2.45) is 17.8 Å². The van der Waals surface area contributed by atoms with Crippen molar-refractivity contribution >= 4 is 15.9 Å². The topological polar surface area (TPSA) is 57.7 Å². The Morgan fingerprint density at radius 1 is 1.00 bits per heavy atom. The van der Waals surface area contributed by atoms with Crippen molar-refractivity contribution in [3.05, 3.63) is 35.9 Å². The van der Waals surface area contributed by atoms with Crippen LogP contribution in [-0.4, -0.2) is 49.7 Å². The Morgan fingerprint density at radius 2 is 1.73 bits per heavy atom. The Hall–Kier alpha value is -1.40. The fourth-order valence-corrected chi connectivity index (χ4v) is 6.59. The quantitative estimate of drug-likeness (QED) is 0.793. The van der Waals surface area contributed by atoms with Crippen LogP contribution >= 0.6 is 0 Å². The Bertz CT molecular complexity index is 742. The number of carbonyl (C=O) groups excluding carboxylic acids is 1. The minimum absolute atomic E-state index is 0.0347. The minimum atomic E-state index is -3.32. The predicted molar refractivity (Wildman–Crippen MR) is 101 cm³/mol. The van der Waals surface area contributed by atoms with Crippen LogP contribution in [0.1, 0.15) is 37.7 Å². The molecule has 2 aliphatic carbocycles. The maximum absolute atomic E-state index is 12.6. The average molecular weight is 377 g/mol. The van der Waals surface area contributed by atoms with Gasteiger partial charge in [-0.25, -0.2) is 8.42 Å². The molecule has 1 amide bonds. The molecule has 0 N–H and O–H groups in total. The Balaban J connectivity index is 1.29. The lowest BCUT2D eigenvalue weighted by Gasteiger charge is -2.35. The van der Waals surface area contributed by atoms with E-state index in [2.05, 4.69) is 0 Å². The highest BCUT2D eigenvalue weighted by Gasteiger charge is 2.41. The molecule has 0 radical (unpaired) electrons. The zero-order valence-corrected chi connectivity index (χ0v) is 16.0. The second kappa shape index (κ2) is 7.31. The summed E-state index contributed by atoms with van der Waals surface area (Å²) in [6.07, 6.45) is 5.87. The zero-order chi connectivity index (χ0) is 18.1. The molecular formula is C20H28N2O3S. The van der Waals surface area contributed by atoms with Crippen molar-refractivity contribution in [3.63, 3.8) is 0 Å². The maximum atomic E-state index is 12.6. The highest BCUT2D eigenvalue weighted by molar-refractivity contribution is 7.88. The van der Waals surface area contributed by atoms with E-state index in [1.807, 2.05) is 35.2 Å². The molecule has 2 bridgehead atoms. The van der Waals surface area contributed by atoms with Crippen LogP contribution in [0.25, 0.3) is 0 Å². The first-order valence-corrected chi connectivity index (χ1v) is 11.4. The molecular weight excluding hydrogens is 348 g/mol. The van der Waals surface area contributed by atoms with Gasteiger partial charge in [-0.05, 0) is 42.6 Å². The van der Waals surface area contributed by atoms with Gasteiger partial charge in [0.25, 0.3) is 0 Å². The molecule has 4 rings (SSSR count). The number of fused-ring (bicyclic) bond motifs is 2. The first-order valence-electron chi connectivity index (χ1n) is 9.81. The molecule has 6 heteroatoms. The third kappa shape index (κ3) is 3.81. The van der Waals surface area contributed by atoms with Crippen molar-refractivity contribution < 1.29 is 13.2 Å². The molecule has 3 aliphatic rings. The van der Waals surface area contributed by atoms with Crippen molar-refractivity contribution in [2.45, 2.75) is 37.9 Å². The van der Waals surface area contributed by atoms with Gasteiger partial charge in [-0.3, -0.25) is 4.79 Å². The van der Waals surface area contributed by atoms with Gasteiger partial charge in [0.1, 0.15) is 0 Å². The highest BCUT2D eigenvalue weighted by Crippen LogP contribution is 2.49. The molecule has 1 aromatic carbocycles. The largest absolute Gasteiger partial charge is 0.340 e. The lowest BCUT2D eigenvalue weighted by molar-refractivity contribution is -0.133. The van der Waals surface area contributed by atoms with E-state index in [9.17, 15) is 13.2 Å². The molecule has 1 saturated heterocycles. The Kier molecular flexibility index (Phi) is 5.06. The number of hydrogen-bond donors (Lipinski definition) is 0. The van der Waals surface area contributed by atoms with Crippen molar-refractivity contribution in [1.82, 2.24) is 9.21 Å². The molecule has 3 atom stereocenters. The molecule has 2 saturated carbocycles. The van der Waals surface area contributed by atoms with Gasteiger partial charge in [0.2, 0.25) is 15.9 Å². The van der Waals surface area contributed by atoms with Crippen LogP contribution in [0.15, 0.2) is 30.3 Å². The van der Waals surface area contributed by atoms with E-state index in [1.54, 1.807) is 4.31 Å². The number of nitrogens with zero attached hydrogens (tertiary/aromatic N) is 2. The SMILES string of the molecule is O=C(C[C@H]1C[C@H]2CC[C@@H]1C2)N1CCN(S(=O)(=O)Cc2ccccc2)CC1.